The molecule has 0 aromatic heterocycles. The van der Waals surface area contributed by atoms with E-state index in [-0.39, 0.29) is 11.3 Å². The van der Waals surface area contributed by atoms with E-state index in [9.17, 15) is 18.3 Å². The fraction of sp³-hybridized carbons (Fsp3) is 0.263. The molecule has 0 radical (unpaired) electrons. The van der Waals surface area contributed by atoms with Gasteiger partial charge in [0.05, 0.1) is 10.7 Å². The summed E-state index contributed by atoms with van der Waals surface area (Å²) in [5.41, 5.74) is 5.42. The monoisotopic (exact) mass is 405 g/mol. The average molecular weight is 405 g/mol. The number of hydrogen-bond donors (Lipinski definition) is 3. The Balaban J connectivity index is 2.03. The second-order valence-corrected chi connectivity index (χ2v) is 7.78. The van der Waals surface area contributed by atoms with Crippen molar-refractivity contribution in [2.24, 2.45) is 10.7 Å². The number of carboxylic acid groups (broad SMARTS) is 1. The van der Waals surface area contributed by atoms with E-state index in [1.807, 2.05) is 18.2 Å². The van der Waals surface area contributed by atoms with Gasteiger partial charge in [-0.1, -0.05) is 18.2 Å². The zero-order chi connectivity index (χ0) is 20.6. The molecular weight excluding hydrogens is 382 g/mol. The molecule has 2 rings (SSSR count). The maximum Gasteiger partial charge on any atom is 0.321 e. The zero-order valence-corrected chi connectivity index (χ0v) is 16.2. The summed E-state index contributed by atoms with van der Waals surface area (Å²) in [4.78, 5) is 15.3. The number of para-hydroxylation sites is 1. The maximum atomic E-state index is 12.5. The Morgan fingerprint density at radius 1 is 1.14 bits per heavy atom. The molecule has 8 nitrogen and oxygen atoms in total. The second kappa shape index (κ2) is 9.86. The molecule has 0 saturated heterocycles. The Morgan fingerprint density at radius 2 is 1.75 bits per heavy atom. The number of carboxylic acids is 1. The lowest BCUT2D eigenvalue weighted by molar-refractivity contribution is -0.139. The number of aliphatic carboxylic acids is 1. The molecule has 28 heavy (non-hydrogen) atoms. The predicted octanol–water partition coefficient (Wildman–Crippen LogP) is 2.37. The van der Waals surface area contributed by atoms with E-state index >= 15 is 0 Å². The van der Waals surface area contributed by atoms with Crippen molar-refractivity contribution in [3.63, 3.8) is 0 Å². The van der Waals surface area contributed by atoms with E-state index in [0.717, 1.165) is 0 Å². The van der Waals surface area contributed by atoms with Crippen LogP contribution < -0.4 is 15.2 Å². The molecule has 0 amide bonds. The van der Waals surface area contributed by atoms with Crippen LogP contribution in [0.15, 0.2) is 64.5 Å². The molecule has 4 N–H and O–H groups in total. The topological polar surface area (TPSA) is 131 Å². The fourth-order valence-corrected chi connectivity index (χ4v) is 3.57. The lowest BCUT2D eigenvalue weighted by atomic mass is 10.2. The van der Waals surface area contributed by atoms with Crippen molar-refractivity contribution in [3.8, 4) is 11.5 Å². The van der Waals surface area contributed by atoms with Gasteiger partial charge in [0.15, 0.2) is 0 Å². The van der Waals surface area contributed by atoms with E-state index in [1.165, 1.54) is 24.3 Å². The summed E-state index contributed by atoms with van der Waals surface area (Å²) in [6, 6.07) is 13.6. The molecule has 0 heterocycles. The Morgan fingerprint density at radius 3 is 2.32 bits per heavy atom. The first-order valence-electron chi connectivity index (χ1n) is 8.62. The highest BCUT2D eigenvalue weighted by atomic mass is 32.2. The number of amidine groups is 1. The summed E-state index contributed by atoms with van der Waals surface area (Å²) in [6.45, 7) is 1.96. The van der Waals surface area contributed by atoms with Gasteiger partial charge in [-0.15, -0.1) is 0 Å². The number of carbonyl (C=O) groups is 1. The van der Waals surface area contributed by atoms with Gasteiger partial charge in [0.1, 0.15) is 17.5 Å². The summed E-state index contributed by atoms with van der Waals surface area (Å²) in [5.74, 6) is 0.235. The second-order valence-electron chi connectivity index (χ2n) is 6.06. The molecule has 0 aliphatic carbocycles. The van der Waals surface area contributed by atoms with Crippen molar-refractivity contribution in [3.05, 3.63) is 54.6 Å². The zero-order valence-electron chi connectivity index (χ0n) is 15.4. The van der Waals surface area contributed by atoms with Crippen LogP contribution in [0.5, 0.6) is 11.5 Å². The number of sulfonamides is 1. The highest BCUT2D eigenvalue weighted by Gasteiger charge is 2.25. The van der Waals surface area contributed by atoms with Gasteiger partial charge in [-0.25, -0.2) is 8.42 Å². The van der Waals surface area contributed by atoms with Gasteiger partial charge in [-0.3, -0.25) is 9.79 Å². The smallest absolute Gasteiger partial charge is 0.321 e. The van der Waals surface area contributed by atoms with Crippen LogP contribution in [0.25, 0.3) is 0 Å². The van der Waals surface area contributed by atoms with Crippen molar-refractivity contribution in [2.75, 3.05) is 6.54 Å². The van der Waals surface area contributed by atoms with Crippen molar-refractivity contribution in [2.45, 2.75) is 30.7 Å². The summed E-state index contributed by atoms with van der Waals surface area (Å²) >= 11 is 0. The Hall–Kier alpha value is -2.91. The van der Waals surface area contributed by atoms with E-state index in [1.54, 1.807) is 19.1 Å². The predicted molar refractivity (Wildman–Crippen MR) is 106 cm³/mol. The Kier molecular flexibility index (Phi) is 7.53. The van der Waals surface area contributed by atoms with E-state index < -0.39 is 22.0 Å². The lowest BCUT2D eigenvalue weighted by Gasteiger charge is -2.14. The van der Waals surface area contributed by atoms with Crippen molar-refractivity contribution >= 4 is 21.8 Å². The number of hydrogen-bond acceptors (Lipinski definition) is 5. The molecule has 9 heteroatoms. The van der Waals surface area contributed by atoms with Gasteiger partial charge >= 0.3 is 5.97 Å². The third-order valence-electron chi connectivity index (χ3n) is 3.72. The lowest BCUT2D eigenvalue weighted by Crippen LogP contribution is -2.40. The minimum Gasteiger partial charge on any atom is -0.480 e. The SMILES string of the molecule is CC(N)=NCCC[C@@H](NS(=O)(=O)c1ccc(Oc2ccccc2)cc1)C(=O)O. The summed E-state index contributed by atoms with van der Waals surface area (Å²) in [6.07, 6.45) is 0.485. The molecule has 0 aliphatic rings. The van der Waals surface area contributed by atoms with Crippen LogP contribution in [0.1, 0.15) is 19.8 Å². The standard InChI is InChI=1S/C19H23N3O5S/c1-14(20)21-13-5-8-18(19(23)24)22-28(25,26)17-11-9-16(10-12-17)27-15-6-3-2-4-7-15/h2-4,6-7,9-12,18,22H,5,8,13H2,1H3,(H2,20,21)(H,23,24)/t18-/m1/s1. The molecule has 0 saturated carbocycles. The van der Waals surface area contributed by atoms with Gasteiger partial charge in [-0.2, -0.15) is 4.72 Å². The number of nitrogens with zero attached hydrogens (tertiary/aromatic N) is 1. The first-order valence-corrected chi connectivity index (χ1v) is 10.1. The first kappa shape index (κ1) is 21.4. The molecule has 2 aromatic carbocycles. The van der Waals surface area contributed by atoms with Crippen molar-refractivity contribution < 1.29 is 23.1 Å². The summed E-state index contributed by atoms with van der Waals surface area (Å²) in [5, 5.41) is 9.29. The molecule has 0 aliphatic heterocycles. The van der Waals surface area contributed by atoms with Crippen LogP contribution in [0.4, 0.5) is 0 Å². The first-order chi connectivity index (χ1) is 13.3. The quantitative estimate of drug-likeness (QED) is 0.316. The number of nitrogens with one attached hydrogen (secondary N) is 1. The molecule has 0 spiro atoms. The normalized spacial score (nSPS) is 13.1. The van der Waals surface area contributed by atoms with Crippen molar-refractivity contribution in [1.82, 2.24) is 4.72 Å². The highest BCUT2D eigenvalue weighted by Crippen LogP contribution is 2.22. The molecule has 0 bridgehead atoms. The van der Waals surface area contributed by atoms with Crippen LogP contribution >= 0.6 is 0 Å². The van der Waals surface area contributed by atoms with Gasteiger partial charge < -0.3 is 15.6 Å². The van der Waals surface area contributed by atoms with Crippen molar-refractivity contribution in [1.29, 1.82) is 0 Å². The van der Waals surface area contributed by atoms with E-state index in [4.69, 9.17) is 10.5 Å². The maximum absolute atomic E-state index is 12.5. The minimum atomic E-state index is -3.99. The molecular formula is C19H23N3O5S. The average Bonchev–Trinajstić information content (AvgIpc) is 2.65. The number of aliphatic imine (C=N–C) groups is 1. The number of rotatable bonds is 10. The Labute approximate surface area is 164 Å². The molecule has 1 atom stereocenters. The van der Waals surface area contributed by atoms with Crippen LogP contribution in [0.3, 0.4) is 0 Å². The Bertz CT molecular complexity index is 908. The molecule has 0 fully saturated rings. The molecule has 0 unspecified atom stereocenters. The van der Waals surface area contributed by atoms with E-state index in [2.05, 4.69) is 9.71 Å². The number of ether oxygens (including phenoxy) is 1. The van der Waals surface area contributed by atoms with Crippen LogP contribution in [0, 0.1) is 0 Å². The fourth-order valence-electron chi connectivity index (χ4n) is 2.35. The third kappa shape index (κ3) is 6.67. The molecule has 2 aromatic rings. The van der Waals surface area contributed by atoms with Crippen LogP contribution in [-0.2, 0) is 14.8 Å². The summed E-state index contributed by atoms with van der Waals surface area (Å²) < 4.78 is 32.8. The number of nitrogens with two attached hydrogens (primary N) is 1. The van der Waals surface area contributed by atoms with Gasteiger partial charge in [0, 0.05) is 6.54 Å². The number of benzene rings is 2. The molecule has 150 valence electrons. The van der Waals surface area contributed by atoms with E-state index in [0.29, 0.717) is 30.3 Å². The largest absolute Gasteiger partial charge is 0.480 e. The summed E-state index contributed by atoms with van der Waals surface area (Å²) in [7, 11) is -3.99. The van der Waals surface area contributed by atoms with Gasteiger partial charge in [-0.05, 0) is 56.2 Å². The van der Waals surface area contributed by atoms with Crippen LogP contribution in [0.2, 0.25) is 0 Å². The van der Waals surface area contributed by atoms with Gasteiger partial charge in [0.25, 0.3) is 0 Å². The third-order valence-corrected chi connectivity index (χ3v) is 5.21. The van der Waals surface area contributed by atoms with Gasteiger partial charge in [0.2, 0.25) is 10.0 Å². The highest BCUT2D eigenvalue weighted by molar-refractivity contribution is 7.89. The van der Waals surface area contributed by atoms with Crippen LogP contribution in [-0.4, -0.2) is 37.9 Å². The minimum absolute atomic E-state index is 0.0463.